The zero-order chi connectivity index (χ0) is 12.5. The molecule has 0 fully saturated rings. The second-order valence-corrected chi connectivity index (χ2v) is 4.25. The van der Waals surface area contributed by atoms with E-state index in [0.717, 1.165) is 10.8 Å². The minimum atomic E-state index is 0.393. The van der Waals surface area contributed by atoms with Gasteiger partial charge in [0.05, 0.1) is 6.61 Å². The molecule has 3 N–H and O–H groups in total. The Kier molecular flexibility index (Phi) is 6.87. The predicted octanol–water partition coefficient (Wildman–Crippen LogP) is 1.04. The quantitative estimate of drug-likeness (QED) is 0.237. The molecule has 1 heterocycles. The number of nitrogen functional groups attached to an aromatic ring is 1. The van der Waals surface area contributed by atoms with Gasteiger partial charge in [-0.1, -0.05) is 0 Å². The van der Waals surface area contributed by atoms with Crippen molar-refractivity contribution in [2.75, 3.05) is 31.5 Å². The van der Waals surface area contributed by atoms with Crippen LogP contribution in [0.5, 0.6) is 0 Å². The fraction of sp³-hybridized carbons (Fsp3) is 0.600. The topological polar surface area (TPSA) is 82.3 Å². The third-order valence-electron chi connectivity index (χ3n) is 1.87. The molecule has 1 aromatic rings. The SMILES string of the molecule is CCOCc1nc(NN)cc(SCCOC)n1. The minimum absolute atomic E-state index is 0.393. The summed E-state index contributed by atoms with van der Waals surface area (Å²) >= 11 is 1.59. The van der Waals surface area contributed by atoms with Crippen molar-refractivity contribution in [2.24, 2.45) is 5.84 Å². The van der Waals surface area contributed by atoms with E-state index in [1.54, 1.807) is 24.9 Å². The Balaban J connectivity index is 2.67. The first-order chi connectivity index (χ1) is 8.30. The van der Waals surface area contributed by atoms with Crippen molar-refractivity contribution in [1.29, 1.82) is 0 Å². The van der Waals surface area contributed by atoms with Crippen LogP contribution in [0.1, 0.15) is 12.7 Å². The Morgan fingerprint density at radius 1 is 1.47 bits per heavy atom. The van der Waals surface area contributed by atoms with E-state index in [4.69, 9.17) is 15.3 Å². The van der Waals surface area contributed by atoms with E-state index in [-0.39, 0.29) is 0 Å². The van der Waals surface area contributed by atoms with Crippen molar-refractivity contribution in [1.82, 2.24) is 9.97 Å². The van der Waals surface area contributed by atoms with E-state index in [9.17, 15) is 0 Å². The fourth-order valence-electron chi connectivity index (χ4n) is 1.11. The van der Waals surface area contributed by atoms with Crippen molar-refractivity contribution in [3.05, 3.63) is 11.9 Å². The second kappa shape index (κ2) is 8.24. The maximum atomic E-state index is 5.36. The third-order valence-corrected chi connectivity index (χ3v) is 2.75. The molecule has 0 aromatic carbocycles. The first-order valence-electron chi connectivity index (χ1n) is 5.34. The lowest BCUT2D eigenvalue weighted by Crippen LogP contribution is -2.11. The highest BCUT2D eigenvalue weighted by Gasteiger charge is 2.04. The number of thioether (sulfide) groups is 1. The number of ether oxygens (including phenoxy) is 2. The van der Waals surface area contributed by atoms with Gasteiger partial charge in [-0.05, 0) is 6.92 Å². The fourth-order valence-corrected chi connectivity index (χ4v) is 1.93. The van der Waals surface area contributed by atoms with Crippen LogP contribution in [0.4, 0.5) is 5.82 Å². The molecule has 7 heteroatoms. The first kappa shape index (κ1) is 14.2. The standard InChI is InChI=1S/C10H18N4O2S/c1-3-16-7-9-12-8(14-11)6-10(13-9)17-5-4-15-2/h6H,3-5,7,11H2,1-2H3,(H,12,13,14). The number of rotatable bonds is 8. The van der Waals surface area contributed by atoms with Crippen LogP contribution in [-0.4, -0.2) is 36.0 Å². The van der Waals surface area contributed by atoms with Crippen LogP contribution in [0.3, 0.4) is 0 Å². The molecule has 0 unspecified atom stereocenters. The number of nitrogens with one attached hydrogen (secondary N) is 1. The van der Waals surface area contributed by atoms with Crippen LogP contribution < -0.4 is 11.3 Å². The molecule has 17 heavy (non-hydrogen) atoms. The van der Waals surface area contributed by atoms with E-state index in [2.05, 4.69) is 15.4 Å². The van der Waals surface area contributed by atoms with Crippen molar-refractivity contribution in [3.8, 4) is 0 Å². The lowest BCUT2D eigenvalue weighted by atomic mass is 10.5. The van der Waals surface area contributed by atoms with Gasteiger partial charge < -0.3 is 14.9 Å². The first-order valence-corrected chi connectivity index (χ1v) is 6.32. The van der Waals surface area contributed by atoms with Crippen molar-refractivity contribution < 1.29 is 9.47 Å². The molecule has 0 saturated heterocycles. The molecule has 0 bridgehead atoms. The lowest BCUT2D eigenvalue weighted by molar-refractivity contribution is 0.128. The number of hydrogen-bond donors (Lipinski definition) is 2. The number of hydrogen-bond acceptors (Lipinski definition) is 7. The summed E-state index contributed by atoms with van der Waals surface area (Å²) in [7, 11) is 1.67. The van der Waals surface area contributed by atoms with Crippen molar-refractivity contribution >= 4 is 17.6 Å². The van der Waals surface area contributed by atoms with Gasteiger partial charge in [0.15, 0.2) is 5.82 Å². The monoisotopic (exact) mass is 258 g/mol. The summed E-state index contributed by atoms with van der Waals surface area (Å²) in [6.07, 6.45) is 0. The maximum Gasteiger partial charge on any atom is 0.157 e. The number of aromatic nitrogens is 2. The summed E-state index contributed by atoms with van der Waals surface area (Å²) in [6, 6.07) is 1.80. The molecule has 0 saturated carbocycles. The number of nitrogens with zero attached hydrogens (tertiary/aromatic N) is 2. The zero-order valence-electron chi connectivity index (χ0n) is 10.1. The van der Waals surface area contributed by atoms with Crippen LogP contribution in [0, 0.1) is 0 Å². The number of anilines is 1. The van der Waals surface area contributed by atoms with Crippen LogP contribution in [0.15, 0.2) is 11.1 Å². The van der Waals surface area contributed by atoms with Gasteiger partial charge in [0.2, 0.25) is 0 Å². The van der Waals surface area contributed by atoms with Crippen LogP contribution in [0.2, 0.25) is 0 Å². The minimum Gasteiger partial charge on any atom is -0.384 e. The van der Waals surface area contributed by atoms with E-state index in [1.807, 2.05) is 6.92 Å². The highest BCUT2D eigenvalue weighted by Crippen LogP contribution is 2.18. The predicted molar refractivity (Wildman–Crippen MR) is 67.8 cm³/mol. The zero-order valence-corrected chi connectivity index (χ0v) is 10.9. The molecule has 0 aliphatic carbocycles. The van der Waals surface area contributed by atoms with E-state index in [1.165, 1.54) is 0 Å². The smallest absolute Gasteiger partial charge is 0.157 e. The van der Waals surface area contributed by atoms with E-state index < -0.39 is 0 Å². The Morgan fingerprint density at radius 2 is 2.29 bits per heavy atom. The summed E-state index contributed by atoms with van der Waals surface area (Å²) in [5.41, 5.74) is 2.52. The summed E-state index contributed by atoms with van der Waals surface area (Å²) in [5.74, 6) is 7.41. The summed E-state index contributed by atoms with van der Waals surface area (Å²) in [5, 5.41) is 0.861. The highest BCUT2D eigenvalue weighted by molar-refractivity contribution is 7.99. The Bertz CT molecular complexity index is 338. The molecule has 0 radical (unpaired) electrons. The van der Waals surface area contributed by atoms with E-state index >= 15 is 0 Å². The van der Waals surface area contributed by atoms with Crippen molar-refractivity contribution in [2.45, 2.75) is 18.6 Å². The molecule has 0 aliphatic rings. The van der Waals surface area contributed by atoms with Gasteiger partial charge in [0.1, 0.15) is 17.5 Å². The van der Waals surface area contributed by atoms with Crippen molar-refractivity contribution in [3.63, 3.8) is 0 Å². The normalized spacial score (nSPS) is 10.5. The number of hydrazine groups is 1. The van der Waals surface area contributed by atoms with Gasteiger partial charge in [-0.2, -0.15) is 0 Å². The van der Waals surface area contributed by atoms with Gasteiger partial charge in [-0.15, -0.1) is 11.8 Å². The Morgan fingerprint density at radius 3 is 2.94 bits per heavy atom. The number of nitrogens with two attached hydrogens (primary N) is 1. The molecule has 6 nitrogen and oxygen atoms in total. The van der Waals surface area contributed by atoms with Gasteiger partial charge in [-0.3, -0.25) is 0 Å². The summed E-state index contributed by atoms with van der Waals surface area (Å²) in [4.78, 5) is 8.57. The summed E-state index contributed by atoms with van der Waals surface area (Å²) < 4.78 is 10.3. The van der Waals surface area contributed by atoms with E-state index in [0.29, 0.717) is 31.5 Å². The average Bonchev–Trinajstić information content (AvgIpc) is 2.36. The Labute approximate surface area is 105 Å². The van der Waals surface area contributed by atoms with Crippen LogP contribution in [-0.2, 0) is 16.1 Å². The molecule has 96 valence electrons. The molecule has 0 amide bonds. The second-order valence-electron chi connectivity index (χ2n) is 3.13. The molecular weight excluding hydrogens is 240 g/mol. The molecular formula is C10H18N4O2S. The summed E-state index contributed by atoms with van der Waals surface area (Å²) in [6.45, 7) is 3.64. The average molecular weight is 258 g/mol. The molecule has 0 spiro atoms. The van der Waals surface area contributed by atoms with Gasteiger partial charge in [0, 0.05) is 25.5 Å². The van der Waals surface area contributed by atoms with Gasteiger partial charge in [-0.25, -0.2) is 15.8 Å². The van der Waals surface area contributed by atoms with Crippen LogP contribution >= 0.6 is 11.8 Å². The van der Waals surface area contributed by atoms with Gasteiger partial charge >= 0.3 is 0 Å². The molecule has 0 atom stereocenters. The Hall–Kier alpha value is -0.890. The molecule has 1 rings (SSSR count). The maximum absolute atomic E-state index is 5.36. The molecule has 0 aliphatic heterocycles. The lowest BCUT2D eigenvalue weighted by Gasteiger charge is -2.07. The van der Waals surface area contributed by atoms with Gasteiger partial charge in [0.25, 0.3) is 0 Å². The number of methoxy groups -OCH3 is 1. The third kappa shape index (κ3) is 5.31. The van der Waals surface area contributed by atoms with Crippen LogP contribution in [0.25, 0.3) is 0 Å². The largest absolute Gasteiger partial charge is 0.384 e. The highest BCUT2D eigenvalue weighted by atomic mass is 32.2. The molecule has 1 aromatic heterocycles.